The zero-order valence-corrected chi connectivity index (χ0v) is 42.6. The van der Waals surface area contributed by atoms with Crippen LogP contribution in [0.3, 0.4) is 0 Å². The molecule has 0 saturated heterocycles. The number of aromatic nitrogens is 5. The highest BCUT2D eigenvalue weighted by atomic mass is 15.0. The molecule has 0 aliphatic rings. The molecule has 11 aromatic carbocycles. The zero-order valence-electron chi connectivity index (χ0n) is 42.6. The zero-order chi connectivity index (χ0) is 51.1. The Morgan fingerprint density at radius 3 is 1.01 bits per heavy atom. The number of nitrogens with zero attached hydrogens (tertiary/aromatic N) is 5. The summed E-state index contributed by atoms with van der Waals surface area (Å²) in [4.78, 5) is 10.0. The van der Waals surface area contributed by atoms with Crippen molar-refractivity contribution in [3.8, 4) is 73.2 Å². The molecule has 0 spiro atoms. The Balaban J connectivity index is 0.814. The largest absolute Gasteiger partial charge is 0.309 e. The molecule has 77 heavy (non-hydrogen) atoms. The predicted octanol–water partition coefficient (Wildman–Crippen LogP) is 18.7. The van der Waals surface area contributed by atoms with E-state index in [-0.39, 0.29) is 0 Å². The first-order valence-corrected chi connectivity index (χ1v) is 26.4. The van der Waals surface area contributed by atoms with Crippen molar-refractivity contribution in [2.75, 3.05) is 0 Å². The van der Waals surface area contributed by atoms with Crippen molar-refractivity contribution in [2.24, 2.45) is 0 Å². The van der Waals surface area contributed by atoms with Gasteiger partial charge < -0.3 is 13.7 Å². The maximum absolute atomic E-state index is 5.06. The lowest BCUT2D eigenvalue weighted by atomic mass is 9.96. The van der Waals surface area contributed by atoms with E-state index < -0.39 is 0 Å². The summed E-state index contributed by atoms with van der Waals surface area (Å²) in [5, 5.41) is 7.43. The van der Waals surface area contributed by atoms with Gasteiger partial charge >= 0.3 is 0 Å². The van der Waals surface area contributed by atoms with Gasteiger partial charge in [-0.3, -0.25) is 0 Å². The SMILES string of the molecule is Cc1cc(-c2ccc(-c3ccc(-c4cc(-c5ccccc5)nc(-c5ccccc5)n4)cc3)cc2)cc(C)c1-n1c2ccc(-n3c4ccccc4c4ccccc43)cc2c2cc(-n3c4ccccc4c4ccccc43)ccc21. The van der Waals surface area contributed by atoms with E-state index in [4.69, 9.17) is 9.97 Å². The molecule has 15 aromatic rings. The minimum absolute atomic E-state index is 0.713. The second-order valence-electron chi connectivity index (χ2n) is 20.3. The Labute approximate surface area is 445 Å². The first-order chi connectivity index (χ1) is 38.0. The molecule has 0 aliphatic carbocycles. The maximum atomic E-state index is 5.06. The normalized spacial score (nSPS) is 11.8. The Bertz CT molecular complexity index is 4430. The van der Waals surface area contributed by atoms with Gasteiger partial charge in [-0.25, -0.2) is 9.97 Å². The molecule has 0 fully saturated rings. The lowest BCUT2D eigenvalue weighted by Crippen LogP contribution is -2.01. The molecule has 4 heterocycles. The topological polar surface area (TPSA) is 40.6 Å². The fourth-order valence-corrected chi connectivity index (χ4v) is 12.2. The Kier molecular flexibility index (Phi) is 10.3. The van der Waals surface area contributed by atoms with Crippen LogP contribution in [-0.4, -0.2) is 23.7 Å². The van der Waals surface area contributed by atoms with E-state index in [1.165, 1.54) is 93.4 Å². The van der Waals surface area contributed by atoms with Gasteiger partial charge in [-0.1, -0.05) is 182 Å². The third-order valence-electron chi connectivity index (χ3n) is 15.7. The summed E-state index contributed by atoms with van der Waals surface area (Å²) < 4.78 is 7.36. The molecule has 0 unspecified atom stereocenters. The average Bonchev–Trinajstić information content (AvgIpc) is 4.18. The van der Waals surface area contributed by atoms with E-state index in [0.717, 1.165) is 50.6 Å². The summed E-state index contributed by atoms with van der Waals surface area (Å²) in [6.07, 6.45) is 0. The van der Waals surface area contributed by atoms with Crippen molar-refractivity contribution in [1.29, 1.82) is 0 Å². The highest BCUT2D eigenvalue weighted by molar-refractivity contribution is 6.14. The molecule has 362 valence electrons. The van der Waals surface area contributed by atoms with Crippen LogP contribution in [-0.2, 0) is 0 Å². The first kappa shape index (κ1) is 44.4. The molecular weight excluding hydrogens is 935 g/mol. The Hall–Kier alpha value is -10.1. The molecule has 0 saturated carbocycles. The summed E-state index contributed by atoms with van der Waals surface area (Å²) in [5.74, 6) is 0.713. The third kappa shape index (κ3) is 7.31. The Morgan fingerprint density at radius 2 is 0.584 bits per heavy atom. The van der Waals surface area contributed by atoms with Gasteiger partial charge in [-0.15, -0.1) is 0 Å². The summed E-state index contributed by atoms with van der Waals surface area (Å²) in [5.41, 5.74) is 22.6. The van der Waals surface area contributed by atoms with E-state index in [1.54, 1.807) is 0 Å². The molecule has 15 rings (SSSR count). The van der Waals surface area contributed by atoms with E-state index in [2.05, 4.69) is 264 Å². The minimum Gasteiger partial charge on any atom is -0.309 e. The summed E-state index contributed by atoms with van der Waals surface area (Å²) in [6.45, 7) is 4.53. The van der Waals surface area contributed by atoms with Crippen LogP contribution in [0, 0.1) is 13.8 Å². The van der Waals surface area contributed by atoms with E-state index in [1.807, 2.05) is 24.3 Å². The number of hydrogen-bond acceptors (Lipinski definition) is 2. The van der Waals surface area contributed by atoms with E-state index >= 15 is 0 Å². The molecule has 4 aromatic heterocycles. The summed E-state index contributed by atoms with van der Waals surface area (Å²) in [7, 11) is 0. The molecule has 0 radical (unpaired) electrons. The van der Waals surface area contributed by atoms with Crippen molar-refractivity contribution in [2.45, 2.75) is 13.8 Å². The van der Waals surface area contributed by atoms with Crippen LogP contribution in [0.5, 0.6) is 0 Å². The number of para-hydroxylation sites is 4. The van der Waals surface area contributed by atoms with Crippen LogP contribution in [0.1, 0.15) is 11.1 Å². The molecule has 0 N–H and O–H groups in total. The first-order valence-electron chi connectivity index (χ1n) is 26.4. The third-order valence-corrected chi connectivity index (χ3v) is 15.7. The number of benzene rings is 11. The molecular formula is C72H49N5. The number of hydrogen-bond donors (Lipinski definition) is 0. The van der Waals surface area contributed by atoms with Crippen LogP contribution in [0.2, 0.25) is 0 Å². The summed E-state index contributed by atoms with van der Waals surface area (Å²) >= 11 is 0. The van der Waals surface area contributed by atoms with Gasteiger partial charge in [0.05, 0.1) is 50.2 Å². The highest BCUT2D eigenvalue weighted by Gasteiger charge is 2.21. The standard InChI is InChI=1S/C72H49N5/c1-46-41-54(50-31-29-48(30-32-50)49-33-35-52(36-34-49)64-45-63(51-17-5-3-6-18-51)73-72(74-64)53-19-7-4-8-20-53)42-47(2)71(46)77-69-39-37-55(75-65-25-13-9-21-57(65)58-22-10-14-26-66(58)75)43-61(69)62-44-56(38-40-70(62)77)76-67-27-15-11-23-59(67)60-24-12-16-28-68(60)76/h3-45H,1-2H3. The lowest BCUT2D eigenvalue weighted by Gasteiger charge is -2.17. The highest BCUT2D eigenvalue weighted by Crippen LogP contribution is 2.42. The lowest BCUT2D eigenvalue weighted by molar-refractivity contribution is 1.12. The van der Waals surface area contributed by atoms with Gasteiger partial charge in [0.1, 0.15) is 0 Å². The van der Waals surface area contributed by atoms with Crippen LogP contribution in [0.4, 0.5) is 0 Å². The summed E-state index contributed by atoms with van der Waals surface area (Å²) in [6, 6.07) is 94.3. The molecule has 5 nitrogen and oxygen atoms in total. The van der Waals surface area contributed by atoms with Crippen LogP contribution >= 0.6 is 0 Å². The number of fused-ring (bicyclic) bond motifs is 9. The minimum atomic E-state index is 0.713. The van der Waals surface area contributed by atoms with Gasteiger partial charge in [-0.05, 0) is 126 Å². The van der Waals surface area contributed by atoms with Crippen LogP contribution in [0.25, 0.3) is 139 Å². The smallest absolute Gasteiger partial charge is 0.160 e. The van der Waals surface area contributed by atoms with Gasteiger partial charge in [0.2, 0.25) is 0 Å². The fourth-order valence-electron chi connectivity index (χ4n) is 12.2. The van der Waals surface area contributed by atoms with E-state index in [9.17, 15) is 0 Å². The van der Waals surface area contributed by atoms with Crippen molar-refractivity contribution in [3.63, 3.8) is 0 Å². The maximum Gasteiger partial charge on any atom is 0.160 e. The average molecular weight is 984 g/mol. The predicted molar refractivity (Wildman–Crippen MR) is 322 cm³/mol. The monoisotopic (exact) mass is 983 g/mol. The molecule has 0 bridgehead atoms. The second kappa shape index (κ2) is 17.8. The number of aryl methyl sites for hydroxylation is 2. The van der Waals surface area contributed by atoms with Crippen LogP contribution in [0.15, 0.2) is 261 Å². The van der Waals surface area contributed by atoms with Gasteiger partial charge in [-0.2, -0.15) is 0 Å². The van der Waals surface area contributed by atoms with Crippen molar-refractivity contribution in [1.82, 2.24) is 23.7 Å². The van der Waals surface area contributed by atoms with Crippen LogP contribution < -0.4 is 0 Å². The molecule has 5 heteroatoms. The Morgan fingerprint density at radius 1 is 0.247 bits per heavy atom. The molecule has 0 amide bonds. The van der Waals surface area contributed by atoms with Gasteiger partial charge in [0.15, 0.2) is 5.82 Å². The second-order valence-corrected chi connectivity index (χ2v) is 20.3. The molecule has 0 aliphatic heterocycles. The molecule has 0 atom stereocenters. The van der Waals surface area contributed by atoms with Crippen molar-refractivity contribution < 1.29 is 0 Å². The van der Waals surface area contributed by atoms with Crippen molar-refractivity contribution in [3.05, 3.63) is 272 Å². The van der Waals surface area contributed by atoms with Crippen molar-refractivity contribution >= 4 is 65.4 Å². The quantitative estimate of drug-likeness (QED) is 0.152. The van der Waals surface area contributed by atoms with Gasteiger partial charge in [0.25, 0.3) is 0 Å². The van der Waals surface area contributed by atoms with E-state index in [0.29, 0.717) is 5.82 Å². The number of rotatable bonds is 8. The fraction of sp³-hybridized carbons (Fsp3) is 0.0278. The van der Waals surface area contributed by atoms with Gasteiger partial charge in [0, 0.05) is 60.4 Å².